The van der Waals surface area contributed by atoms with Gasteiger partial charge in [0.1, 0.15) is 24.2 Å². The molecule has 9 nitrogen and oxygen atoms in total. The number of hydrogen-bond acceptors (Lipinski definition) is 8. The molecule has 2 aromatic rings. The Kier molecular flexibility index (Phi) is 11.3. The van der Waals surface area contributed by atoms with Gasteiger partial charge >= 0.3 is 11.9 Å². The Morgan fingerprint density at radius 2 is 1.63 bits per heavy atom. The Morgan fingerprint density at radius 3 is 2.22 bits per heavy atom. The van der Waals surface area contributed by atoms with Crippen LogP contribution in [0.4, 0.5) is 0 Å². The molecule has 4 N–H and O–H groups in total. The third kappa shape index (κ3) is 7.44. The van der Waals surface area contributed by atoms with Gasteiger partial charge < -0.3 is 35.0 Å². The SMILES string of the molecule is CSc1ccc(OCCCCNCC(O)COc2ccccc2)c(C2(C)C(C(=O)O)=C(C)N(C)C(C)=C2C(=O)O)c1. The molecule has 1 atom stereocenters. The van der Waals surface area contributed by atoms with Gasteiger partial charge in [0.25, 0.3) is 0 Å². The molecule has 0 bridgehead atoms. The highest BCUT2D eigenvalue weighted by atomic mass is 32.2. The first-order chi connectivity index (χ1) is 19.5. The number of hydrogen-bond donors (Lipinski definition) is 4. The van der Waals surface area contributed by atoms with E-state index < -0.39 is 23.5 Å². The average molecular weight is 585 g/mol. The number of carbonyl (C=O) groups is 2. The van der Waals surface area contributed by atoms with Crippen molar-refractivity contribution in [2.75, 3.05) is 39.6 Å². The molecule has 0 saturated carbocycles. The van der Waals surface area contributed by atoms with Gasteiger partial charge in [0.05, 0.1) is 23.2 Å². The summed E-state index contributed by atoms with van der Waals surface area (Å²) in [5.41, 5.74) is 0.0237. The van der Waals surface area contributed by atoms with Crippen molar-refractivity contribution in [3.63, 3.8) is 0 Å². The highest BCUT2D eigenvalue weighted by Gasteiger charge is 2.49. The predicted molar refractivity (Wildman–Crippen MR) is 160 cm³/mol. The largest absolute Gasteiger partial charge is 0.493 e. The van der Waals surface area contributed by atoms with Gasteiger partial charge in [-0.1, -0.05) is 18.2 Å². The minimum Gasteiger partial charge on any atom is -0.493 e. The molecule has 2 aromatic carbocycles. The van der Waals surface area contributed by atoms with Crippen LogP contribution in [0, 0.1) is 0 Å². The number of aliphatic hydroxyl groups is 1. The van der Waals surface area contributed by atoms with Gasteiger partial charge in [0.15, 0.2) is 0 Å². The van der Waals surface area contributed by atoms with E-state index in [1.807, 2.05) is 48.7 Å². The topological polar surface area (TPSA) is 129 Å². The summed E-state index contributed by atoms with van der Waals surface area (Å²) in [6, 6.07) is 14.8. The molecular formula is C31H40N2O7S. The number of para-hydroxylation sites is 1. The Labute approximate surface area is 245 Å². The molecular weight excluding hydrogens is 544 g/mol. The molecule has 3 rings (SSSR count). The molecule has 1 unspecified atom stereocenters. The molecule has 0 fully saturated rings. The van der Waals surface area contributed by atoms with Gasteiger partial charge in [-0.05, 0) is 76.7 Å². The quantitative estimate of drug-likeness (QED) is 0.175. The van der Waals surface area contributed by atoms with E-state index in [0.29, 0.717) is 54.6 Å². The lowest BCUT2D eigenvalue weighted by molar-refractivity contribution is -0.134. The molecule has 222 valence electrons. The number of benzene rings is 2. The van der Waals surface area contributed by atoms with E-state index in [1.54, 1.807) is 38.8 Å². The minimum atomic E-state index is -1.45. The standard InChI is InChI=1S/C31H40N2O7S/c1-20-27(29(35)36)31(3,28(30(37)38)21(2)33(20)4)25-17-24(41-5)13-14-26(25)39-16-10-9-15-32-18-22(34)19-40-23-11-7-6-8-12-23/h6-8,11-14,17,22,32,34H,9-10,15-16,18-19H2,1-5H3,(H,35,36)(H,37,38). The van der Waals surface area contributed by atoms with Crippen molar-refractivity contribution in [2.45, 2.75) is 50.0 Å². The smallest absolute Gasteiger partial charge is 0.334 e. The monoisotopic (exact) mass is 584 g/mol. The summed E-state index contributed by atoms with van der Waals surface area (Å²) < 4.78 is 11.7. The zero-order valence-corrected chi connectivity index (χ0v) is 25.1. The minimum absolute atomic E-state index is 0.00473. The summed E-state index contributed by atoms with van der Waals surface area (Å²) in [6.45, 7) is 6.67. The molecule has 0 amide bonds. The van der Waals surface area contributed by atoms with Gasteiger partial charge in [-0.25, -0.2) is 9.59 Å². The molecule has 1 aliphatic rings. The molecule has 1 aliphatic heterocycles. The zero-order valence-electron chi connectivity index (χ0n) is 24.3. The van der Waals surface area contributed by atoms with E-state index >= 15 is 0 Å². The van der Waals surface area contributed by atoms with Crippen molar-refractivity contribution in [3.8, 4) is 11.5 Å². The summed E-state index contributed by atoms with van der Waals surface area (Å²) in [6.07, 6.45) is 2.76. The van der Waals surface area contributed by atoms with Crippen molar-refractivity contribution in [3.05, 3.63) is 76.6 Å². The fourth-order valence-electron chi connectivity index (χ4n) is 5.17. The lowest BCUT2D eigenvalue weighted by Crippen LogP contribution is -2.43. The van der Waals surface area contributed by atoms with Crippen molar-refractivity contribution >= 4 is 23.7 Å². The van der Waals surface area contributed by atoms with Crippen LogP contribution < -0.4 is 14.8 Å². The number of ether oxygens (including phenoxy) is 2. The first-order valence-corrected chi connectivity index (χ1v) is 14.8. The maximum Gasteiger partial charge on any atom is 0.334 e. The highest BCUT2D eigenvalue weighted by molar-refractivity contribution is 7.98. The number of nitrogens with one attached hydrogen (secondary N) is 1. The number of unbranched alkanes of at least 4 members (excludes halogenated alkanes) is 1. The maximum atomic E-state index is 12.6. The highest BCUT2D eigenvalue weighted by Crippen LogP contribution is 2.50. The lowest BCUT2D eigenvalue weighted by Gasteiger charge is -2.42. The van der Waals surface area contributed by atoms with Gasteiger partial charge in [-0.3, -0.25) is 0 Å². The summed E-state index contributed by atoms with van der Waals surface area (Å²) in [5, 5.41) is 33.9. The van der Waals surface area contributed by atoms with Crippen LogP contribution in [0.25, 0.3) is 0 Å². The van der Waals surface area contributed by atoms with Gasteiger partial charge in [0, 0.05) is 35.4 Å². The van der Waals surface area contributed by atoms with E-state index in [9.17, 15) is 24.9 Å². The third-order valence-corrected chi connectivity index (χ3v) is 8.18. The molecule has 0 spiro atoms. The Bertz CT molecular complexity index is 1250. The fraction of sp³-hybridized carbons (Fsp3) is 0.419. The third-order valence-electron chi connectivity index (χ3n) is 7.45. The summed E-state index contributed by atoms with van der Waals surface area (Å²) in [4.78, 5) is 27.7. The molecule has 0 aliphatic carbocycles. The van der Waals surface area contributed by atoms with E-state index in [1.165, 1.54) is 11.8 Å². The Balaban J connectivity index is 1.68. The summed E-state index contributed by atoms with van der Waals surface area (Å²) >= 11 is 1.49. The van der Waals surface area contributed by atoms with Gasteiger partial charge in [-0.15, -0.1) is 11.8 Å². The number of rotatable bonds is 15. The zero-order chi connectivity index (χ0) is 30.2. The Hall–Kier alpha value is -3.47. The molecule has 0 aromatic heterocycles. The molecule has 10 heteroatoms. The van der Waals surface area contributed by atoms with Crippen LogP contribution in [-0.4, -0.2) is 77.9 Å². The predicted octanol–water partition coefficient (Wildman–Crippen LogP) is 4.52. The second-order valence-corrected chi connectivity index (χ2v) is 11.0. The first kappa shape index (κ1) is 32.0. The van der Waals surface area contributed by atoms with Crippen LogP contribution in [0.3, 0.4) is 0 Å². The van der Waals surface area contributed by atoms with Crippen molar-refractivity contribution in [2.24, 2.45) is 0 Å². The van der Waals surface area contributed by atoms with Crippen LogP contribution >= 0.6 is 11.8 Å². The first-order valence-electron chi connectivity index (χ1n) is 13.5. The number of carboxylic acid groups (broad SMARTS) is 2. The van der Waals surface area contributed by atoms with E-state index in [-0.39, 0.29) is 17.8 Å². The Morgan fingerprint density at radius 1 is 1.00 bits per heavy atom. The average Bonchev–Trinajstić information content (AvgIpc) is 2.94. The number of carboxylic acids is 2. The number of aliphatic carboxylic acids is 2. The molecule has 0 saturated heterocycles. The van der Waals surface area contributed by atoms with E-state index in [4.69, 9.17) is 9.47 Å². The van der Waals surface area contributed by atoms with Gasteiger partial charge in [0.2, 0.25) is 0 Å². The van der Waals surface area contributed by atoms with Crippen molar-refractivity contribution in [1.82, 2.24) is 10.2 Å². The van der Waals surface area contributed by atoms with Crippen LogP contribution in [-0.2, 0) is 15.0 Å². The van der Waals surface area contributed by atoms with Gasteiger partial charge in [-0.2, -0.15) is 0 Å². The second-order valence-electron chi connectivity index (χ2n) is 10.1. The number of aliphatic hydroxyl groups excluding tert-OH is 1. The van der Waals surface area contributed by atoms with E-state index in [2.05, 4.69) is 5.32 Å². The number of nitrogens with zero attached hydrogens (tertiary/aromatic N) is 1. The maximum absolute atomic E-state index is 12.6. The second kappa shape index (κ2) is 14.4. The van der Waals surface area contributed by atoms with Crippen LogP contribution in [0.15, 0.2) is 76.0 Å². The van der Waals surface area contributed by atoms with Crippen LogP contribution in [0.1, 0.15) is 39.2 Å². The molecule has 41 heavy (non-hydrogen) atoms. The lowest BCUT2D eigenvalue weighted by atomic mass is 9.66. The van der Waals surface area contributed by atoms with Crippen LogP contribution in [0.5, 0.6) is 11.5 Å². The molecule has 1 heterocycles. The van der Waals surface area contributed by atoms with Crippen molar-refractivity contribution < 1.29 is 34.4 Å². The van der Waals surface area contributed by atoms with Crippen LogP contribution in [0.2, 0.25) is 0 Å². The fourth-order valence-corrected chi connectivity index (χ4v) is 5.61. The number of allylic oxidation sites excluding steroid dienone is 2. The van der Waals surface area contributed by atoms with Crippen molar-refractivity contribution in [1.29, 1.82) is 0 Å². The summed E-state index contributed by atoms with van der Waals surface area (Å²) in [7, 11) is 1.68. The molecule has 0 radical (unpaired) electrons. The summed E-state index contributed by atoms with van der Waals surface area (Å²) in [5.74, 6) is -1.18. The normalized spacial score (nSPS) is 15.6. The van der Waals surface area contributed by atoms with E-state index in [0.717, 1.165) is 11.3 Å². The number of thioether (sulfide) groups is 1.